The first-order valence-electron chi connectivity index (χ1n) is 6.87. The second kappa shape index (κ2) is 8.32. The van der Waals surface area contributed by atoms with Crippen LogP contribution in [0.3, 0.4) is 0 Å². The molecule has 6 heteroatoms. The van der Waals surface area contributed by atoms with Crippen LogP contribution in [-0.4, -0.2) is 32.7 Å². The van der Waals surface area contributed by atoms with E-state index in [4.69, 9.17) is 4.74 Å². The smallest absolute Gasteiger partial charge is 0.223 e. The zero-order chi connectivity index (χ0) is 14.5. The van der Waals surface area contributed by atoms with Gasteiger partial charge in [0.1, 0.15) is 5.82 Å². The first-order valence-corrected chi connectivity index (χ1v) is 6.87. The molecular weight excluding hydrogens is 295 g/mol. The van der Waals surface area contributed by atoms with Crippen molar-refractivity contribution in [2.24, 2.45) is 11.8 Å². The maximum Gasteiger partial charge on any atom is 0.223 e. The molecule has 4 nitrogen and oxygen atoms in total. The van der Waals surface area contributed by atoms with Crippen molar-refractivity contribution < 1.29 is 13.9 Å². The highest BCUT2D eigenvalue weighted by atomic mass is 35.5. The Labute approximate surface area is 130 Å². The molecule has 1 fully saturated rings. The second-order valence-electron chi connectivity index (χ2n) is 5.28. The van der Waals surface area contributed by atoms with Gasteiger partial charge in [-0.25, -0.2) is 4.39 Å². The SMILES string of the molecule is COCC(NC(=O)C(C)C1CNC1)c1ccc(F)cc1.Cl. The maximum absolute atomic E-state index is 13.0. The van der Waals surface area contributed by atoms with E-state index in [1.807, 2.05) is 6.92 Å². The van der Waals surface area contributed by atoms with Crippen molar-refractivity contribution in [1.82, 2.24) is 10.6 Å². The van der Waals surface area contributed by atoms with Gasteiger partial charge in [-0.3, -0.25) is 4.79 Å². The lowest BCUT2D eigenvalue weighted by atomic mass is 9.88. The zero-order valence-electron chi connectivity index (χ0n) is 12.3. The average Bonchev–Trinajstić information content (AvgIpc) is 2.37. The van der Waals surface area contributed by atoms with Crippen LogP contribution in [0.5, 0.6) is 0 Å². The number of rotatable bonds is 6. The lowest BCUT2D eigenvalue weighted by Gasteiger charge is -2.32. The van der Waals surface area contributed by atoms with Crippen molar-refractivity contribution in [1.29, 1.82) is 0 Å². The van der Waals surface area contributed by atoms with E-state index in [0.717, 1.165) is 18.7 Å². The summed E-state index contributed by atoms with van der Waals surface area (Å²) in [6, 6.07) is 5.89. The van der Waals surface area contributed by atoms with Gasteiger partial charge in [-0.05, 0) is 36.7 Å². The number of methoxy groups -OCH3 is 1. The van der Waals surface area contributed by atoms with Crippen LogP contribution in [0.2, 0.25) is 0 Å². The van der Waals surface area contributed by atoms with Crippen LogP contribution in [0.15, 0.2) is 24.3 Å². The Morgan fingerprint density at radius 1 is 1.43 bits per heavy atom. The lowest BCUT2D eigenvalue weighted by molar-refractivity contribution is -0.127. The van der Waals surface area contributed by atoms with E-state index in [1.54, 1.807) is 19.2 Å². The largest absolute Gasteiger partial charge is 0.382 e. The maximum atomic E-state index is 13.0. The minimum Gasteiger partial charge on any atom is -0.382 e. The van der Waals surface area contributed by atoms with Gasteiger partial charge in [0.2, 0.25) is 5.91 Å². The Kier molecular flexibility index (Phi) is 7.08. The highest BCUT2D eigenvalue weighted by Gasteiger charge is 2.29. The van der Waals surface area contributed by atoms with Crippen LogP contribution in [0.1, 0.15) is 18.5 Å². The zero-order valence-corrected chi connectivity index (χ0v) is 13.1. The molecule has 1 aliphatic heterocycles. The van der Waals surface area contributed by atoms with Gasteiger partial charge in [-0.1, -0.05) is 19.1 Å². The summed E-state index contributed by atoms with van der Waals surface area (Å²) in [5.41, 5.74) is 0.848. The fourth-order valence-corrected chi connectivity index (χ4v) is 2.26. The second-order valence-corrected chi connectivity index (χ2v) is 5.28. The summed E-state index contributed by atoms with van der Waals surface area (Å²) < 4.78 is 18.1. The summed E-state index contributed by atoms with van der Waals surface area (Å²) in [6.07, 6.45) is 0. The number of carbonyl (C=O) groups excluding carboxylic acids is 1. The van der Waals surface area contributed by atoms with Crippen molar-refractivity contribution >= 4 is 18.3 Å². The minimum atomic E-state index is -0.287. The van der Waals surface area contributed by atoms with E-state index in [9.17, 15) is 9.18 Å². The van der Waals surface area contributed by atoms with Crippen LogP contribution in [0.4, 0.5) is 4.39 Å². The molecule has 0 bridgehead atoms. The third kappa shape index (κ3) is 4.66. The molecule has 0 aromatic heterocycles. The van der Waals surface area contributed by atoms with Crippen molar-refractivity contribution in [3.8, 4) is 0 Å². The fourth-order valence-electron chi connectivity index (χ4n) is 2.26. The molecular formula is C15H22ClFN2O2. The third-order valence-corrected chi connectivity index (χ3v) is 3.86. The molecule has 0 saturated carbocycles. The molecule has 1 heterocycles. The Bertz CT molecular complexity index is 451. The molecule has 1 aliphatic rings. The van der Waals surface area contributed by atoms with Crippen molar-refractivity contribution in [2.45, 2.75) is 13.0 Å². The first kappa shape index (κ1) is 17.9. The third-order valence-electron chi connectivity index (χ3n) is 3.86. The molecule has 1 aromatic carbocycles. The normalized spacial score (nSPS) is 17.3. The molecule has 2 N–H and O–H groups in total. The molecule has 2 unspecified atom stereocenters. The predicted octanol–water partition coefficient (Wildman–Crippen LogP) is 1.91. The van der Waals surface area contributed by atoms with Gasteiger partial charge < -0.3 is 15.4 Å². The molecule has 0 aliphatic carbocycles. The molecule has 1 aromatic rings. The van der Waals surface area contributed by atoms with E-state index in [-0.39, 0.29) is 36.1 Å². The lowest BCUT2D eigenvalue weighted by Crippen LogP contribution is -2.50. The monoisotopic (exact) mass is 316 g/mol. The molecule has 1 amide bonds. The van der Waals surface area contributed by atoms with Gasteiger partial charge in [-0.2, -0.15) is 0 Å². The molecule has 1 saturated heterocycles. The Morgan fingerprint density at radius 2 is 2.05 bits per heavy atom. The van der Waals surface area contributed by atoms with Gasteiger partial charge in [0.15, 0.2) is 0 Å². The molecule has 118 valence electrons. The van der Waals surface area contributed by atoms with Crippen molar-refractivity contribution in [3.05, 3.63) is 35.6 Å². The molecule has 2 rings (SSSR count). The molecule has 21 heavy (non-hydrogen) atoms. The highest BCUT2D eigenvalue weighted by molar-refractivity contribution is 5.85. The molecule has 2 atom stereocenters. The van der Waals surface area contributed by atoms with Crippen molar-refractivity contribution in [2.75, 3.05) is 26.8 Å². The molecule has 0 spiro atoms. The summed E-state index contributed by atoms with van der Waals surface area (Å²) in [6.45, 7) is 4.09. The summed E-state index contributed by atoms with van der Waals surface area (Å²) in [7, 11) is 1.59. The Morgan fingerprint density at radius 3 is 2.52 bits per heavy atom. The van der Waals surface area contributed by atoms with Gasteiger partial charge in [0.05, 0.1) is 12.6 Å². The van der Waals surface area contributed by atoms with Crippen LogP contribution >= 0.6 is 12.4 Å². The van der Waals surface area contributed by atoms with Crippen molar-refractivity contribution in [3.63, 3.8) is 0 Å². The molecule has 0 radical (unpaired) electrons. The first-order chi connectivity index (χ1) is 9.61. The van der Waals surface area contributed by atoms with E-state index in [1.165, 1.54) is 12.1 Å². The predicted molar refractivity (Wildman–Crippen MR) is 81.9 cm³/mol. The van der Waals surface area contributed by atoms with Gasteiger partial charge >= 0.3 is 0 Å². The average molecular weight is 317 g/mol. The Hall–Kier alpha value is -1.17. The van der Waals surface area contributed by atoms with E-state index >= 15 is 0 Å². The number of ether oxygens (including phenoxy) is 1. The number of hydrogen-bond acceptors (Lipinski definition) is 3. The quantitative estimate of drug-likeness (QED) is 0.843. The number of carbonyl (C=O) groups is 1. The summed E-state index contributed by atoms with van der Waals surface area (Å²) in [4.78, 5) is 12.2. The summed E-state index contributed by atoms with van der Waals surface area (Å²) >= 11 is 0. The minimum absolute atomic E-state index is 0. The summed E-state index contributed by atoms with van der Waals surface area (Å²) in [5.74, 6) is 0.0931. The van der Waals surface area contributed by atoms with Gasteiger partial charge in [-0.15, -0.1) is 12.4 Å². The number of amides is 1. The standard InChI is InChI=1S/C15H21FN2O2.ClH/c1-10(12-7-17-8-12)15(19)18-14(9-20-2)11-3-5-13(16)6-4-11;/h3-6,10,12,14,17H,7-9H2,1-2H3,(H,18,19);1H. The number of hydrogen-bond donors (Lipinski definition) is 2. The Balaban J connectivity index is 0.00000220. The number of benzene rings is 1. The van der Waals surface area contributed by atoms with Crippen LogP contribution in [0.25, 0.3) is 0 Å². The van der Waals surface area contributed by atoms with Gasteiger partial charge in [0, 0.05) is 13.0 Å². The van der Waals surface area contributed by atoms with E-state index in [0.29, 0.717) is 12.5 Å². The topological polar surface area (TPSA) is 50.4 Å². The van der Waals surface area contributed by atoms with E-state index < -0.39 is 0 Å². The van der Waals surface area contributed by atoms with Gasteiger partial charge in [0.25, 0.3) is 0 Å². The number of halogens is 2. The van der Waals surface area contributed by atoms with Crippen LogP contribution in [-0.2, 0) is 9.53 Å². The van der Waals surface area contributed by atoms with Crippen LogP contribution in [0, 0.1) is 17.7 Å². The number of nitrogens with one attached hydrogen (secondary N) is 2. The fraction of sp³-hybridized carbons (Fsp3) is 0.533. The van der Waals surface area contributed by atoms with Crippen LogP contribution < -0.4 is 10.6 Å². The van der Waals surface area contributed by atoms with E-state index in [2.05, 4.69) is 10.6 Å². The summed E-state index contributed by atoms with van der Waals surface area (Å²) in [5, 5.41) is 6.16. The highest BCUT2D eigenvalue weighted by Crippen LogP contribution is 2.19.